The molecule has 1 atom stereocenters. The third-order valence-corrected chi connectivity index (χ3v) is 3.67. The Balaban J connectivity index is 2.20. The number of aryl methyl sites for hydroxylation is 1. The third-order valence-electron chi connectivity index (χ3n) is 3.08. The van der Waals surface area contributed by atoms with E-state index in [9.17, 15) is 4.79 Å². The highest BCUT2D eigenvalue weighted by molar-refractivity contribution is 7.80. The van der Waals surface area contributed by atoms with Crippen LogP contribution in [0.3, 0.4) is 0 Å². The largest absolute Gasteiger partial charge is 0.389 e. The number of thiocarbonyl (C=S) groups is 1. The minimum Gasteiger partial charge on any atom is -0.389 e. The molecule has 5 nitrogen and oxygen atoms in total. The number of aromatic nitrogens is 2. The lowest BCUT2D eigenvalue weighted by atomic mass is 10.1. The van der Waals surface area contributed by atoms with Crippen molar-refractivity contribution >= 4 is 40.4 Å². The zero-order valence-electron chi connectivity index (χ0n) is 11.6. The maximum atomic E-state index is 12.3. The van der Waals surface area contributed by atoms with Crippen LogP contribution in [-0.4, -0.2) is 20.7 Å². The van der Waals surface area contributed by atoms with Crippen molar-refractivity contribution in [3.05, 3.63) is 46.7 Å². The first-order chi connectivity index (χ1) is 9.90. The number of nitrogens with one attached hydrogen (secondary N) is 1. The van der Waals surface area contributed by atoms with Crippen LogP contribution in [0.5, 0.6) is 0 Å². The zero-order chi connectivity index (χ0) is 15.6. The molecule has 0 saturated heterocycles. The smallest absolute Gasteiger partial charge is 0.248 e. The predicted octanol–water partition coefficient (Wildman–Crippen LogP) is 2.68. The molecule has 0 bridgehead atoms. The number of rotatable bonds is 4. The number of carbonyl (C=O) groups is 1. The summed E-state index contributed by atoms with van der Waals surface area (Å²) in [5.74, 6) is -0.224. The number of hydrogen-bond acceptors (Lipinski definition) is 3. The number of carbonyl (C=O) groups excluding carboxylic acids is 1. The average molecular weight is 323 g/mol. The van der Waals surface area contributed by atoms with Gasteiger partial charge in [-0.1, -0.05) is 36.0 Å². The van der Waals surface area contributed by atoms with Gasteiger partial charge in [-0.2, -0.15) is 5.10 Å². The fourth-order valence-corrected chi connectivity index (χ4v) is 2.14. The molecule has 1 aromatic carbocycles. The lowest BCUT2D eigenvalue weighted by Crippen LogP contribution is -2.25. The molecule has 3 N–H and O–H groups in total. The molecule has 0 aliphatic carbocycles. The van der Waals surface area contributed by atoms with Gasteiger partial charge in [0.05, 0.1) is 16.4 Å². The monoisotopic (exact) mass is 322 g/mol. The maximum absolute atomic E-state index is 12.3. The minimum atomic E-state index is -0.504. The first-order valence-corrected chi connectivity index (χ1v) is 7.09. The third kappa shape index (κ3) is 3.40. The molecule has 7 heteroatoms. The Kier molecular flexibility index (Phi) is 4.59. The van der Waals surface area contributed by atoms with Gasteiger partial charge in [0.15, 0.2) is 0 Å². The quantitative estimate of drug-likeness (QED) is 0.849. The maximum Gasteiger partial charge on any atom is 0.248 e. The predicted molar refractivity (Wildman–Crippen MR) is 87.6 cm³/mol. The highest BCUT2D eigenvalue weighted by Gasteiger charge is 2.18. The molecule has 1 aromatic heterocycles. The van der Waals surface area contributed by atoms with Gasteiger partial charge in [0.1, 0.15) is 11.0 Å². The van der Waals surface area contributed by atoms with Gasteiger partial charge in [0, 0.05) is 11.8 Å². The number of halogens is 1. The van der Waals surface area contributed by atoms with E-state index >= 15 is 0 Å². The average Bonchev–Trinajstić information content (AvgIpc) is 2.78. The Hall–Kier alpha value is -1.92. The topological polar surface area (TPSA) is 72.9 Å². The molecule has 1 amide bonds. The Morgan fingerprint density at radius 3 is 2.71 bits per heavy atom. The van der Waals surface area contributed by atoms with Crippen molar-refractivity contribution in [3.63, 3.8) is 0 Å². The SMILES string of the molecule is Cc1nn(C(C)C(=O)Nc2ccccc2C(N)=S)cc1Cl. The summed E-state index contributed by atoms with van der Waals surface area (Å²) in [6, 6.07) is 6.62. The first-order valence-electron chi connectivity index (χ1n) is 6.31. The van der Waals surface area contributed by atoms with E-state index in [-0.39, 0.29) is 10.9 Å². The molecule has 2 rings (SSSR count). The van der Waals surface area contributed by atoms with Gasteiger partial charge in [-0.15, -0.1) is 0 Å². The summed E-state index contributed by atoms with van der Waals surface area (Å²) in [6.07, 6.45) is 1.63. The molecule has 2 aromatic rings. The second-order valence-electron chi connectivity index (χ2n) is 4.62. The first kappa shape index (κ1) is 15.5. The van der Waals surface area contributed by atoms with E-state index in [4.69, 9.17) is 29.6 Å². The van der Waals surface area contributed by atoms with Crippen LogP contribution in [0.2, 0.25) is 5.02 Å². The number of nitrogens with zero attached hydrogens (tertiary/aromatic N) is 2. The number of benzene rings is 1. The highest BCUT2D eigenvalue weighted by Crippen LogP contribution is 2.19. The molecule has 0 fully saturated rings. The van der Waals surface area contributed by atoms with Gasteiger partial charge in [-0.05, 0) is 26.0 Å². The van der Waals surface area contributed by atoms with E-state index in [1.165, 1.54) is 4.68 Å². The number of hydrogen-bond donors (Lipinski definition) is 2. The summed E-state index contributed by atoms with van der Waals surface area (Å²) in [6.45, 7) is 3.52. The summed E-state index contributed by atoms with van der Waals surface area (Å²) in [5.41, 5.74) is 7.53. The Morgan fingerprint density at radius 2 is 2.14 bits per heavy atom. The fourth-order valence-electron chi connectivity index (χ4n) is 1.82. The zero-order valence-corrected chi connectivity index (χ0v) is 13.2. The van der Waals surface area contributed by atoms with E-state index < -0.39 is 6.04 Å². The molecular formula is C14H15ClN4OS. The molecule has 0 aliphatic heterocycles. The van der Waals surface area contributed by atoms with Crippen LogP contribution in [0.25, 0.3) is 0 Å². The number of amides is 1. The second kappa shape index (κ2) is 6.24. The number of nitrogens with two attached hydrogens (primary N) is 1. The van der Waals surface area contributed by atoms with Gasteiger partial charge in [0.25, 0.3) is 0 Å². The number of anilines is 1. The molecular weight excluding hydrogens is 308 g/mol. The molecule has 1 heterocycles. The van der Waals surface area contributed by atoms with Crippen molar-refractivity contribution in [1.29, 1.82) is 0 Å². The van der Waals surface area contributed by atoms with Crippen molar-refractivity contribution in [2.75, 3.05) is 5.32 Å². The normalized spacial score (nSPS) is 12.0. The summed E-state index contributed by atoms with van der Waals surface area (Å²) in [4.78, 5) is 12.5. The fraction of sp³-hybridized carbons (Fsp3) is 0.214. The van der Waals surface area contributed by atoms with Gasteiger partial charge in [0.2, 0.25) is 5.91 Å². The van der Waals surface area contributed by atoms with Gasteiger partial charge >= 0.3 is 0 Å². The molecule has 0 aliphatic rings. The van der Waals surface area contributed by atoms with Crippen LogP contribution >= 0.6 is 23.8 Å². The van der Waals surface area contributed by atoms with Crippen LogP contribution in [0, 0.1) is 6.92 Å². The Bertz CT molecular complexity index is 679. The molecule has 110 valence electrons. The Labute approximate surface area is 133 Å². The van der Waals surface area contributed by atoms with Crippen LogP contribution in [0.15, 0.2) is 30.5 Å². The van der Waals surface area contributed by atoms with E-state index in [2.05, 4.69) is 10.4 Å². The van der Waals surface area contributed by atoms with Gasteiger partial charge in [-0.25, -0.2) is 0 Å². The standard InChI is InChI=1S/C14H15ClN4OS/c1-8-11(15)7-19(18-8)9(2)14(20)17-12-6-4-3-5-10(12)13(16)21/h3-7,9H,1-2H3,(H2,16,21)(H,17,20). The molecule has 0 spiro atoms. The van der Waals surface area contributed by atoms with E-state index in [0.717, 1.165) is 0 Å². The van der Waals surface area contributed by atoms with Crippen LogP contribution in [-0.2, 0) is 4.79 Å². The van der Waals surface area contributed by atoms with E-state index in [1.54, 1.807) is 38.2 Å². The van der Waals surface area contributed by atoms with Crippen molar-refractivity contribution in [3.8, 4) is 0 Å². The van der Waals surface area contributed by atoms with E-state index in [1.807, 2.05) is 6.07 Å². The Morgan fingerprint density at radius 1 is 1.48 bits per heavy atom. The van der Waals surface area contributed by atoms with Crippen molar-refractivity contribution in [1.82, 2.24) is 9.78 Å². The molecule has 0 saturated carbocycles. The summed E-state index contributed by atoms with van der Waals surface area (Å²) < 4.78 is 1.52. The highest BCUT2D eigenvalue weighted by atomic mass is 35.5. The van der Waals surface area contributed by atoms with Gasteiger partial charge < -0.3 is 11.1 Å². The van der Waals surface area contributed by atoms with Crippen LogP contribution < -0.4 is 11.1 Å². The summed E-state index contributed by atoms with van der Waals surface area (Å²) in [5, 5.41) is 7.54. The lowest BCUT2D eigenvalue weighted by Gasteiger charge is -2.14. The van der Waals surface area contributed by atoms with Crippen molar-refractivity contribution in [2.45, 2.75) is 19.9 Å². The van der Waals surface area contributed by atoms with Crippen LogP contribution in [0.4, 0.5) is 5.69 Å². The summed E-state index contributed by atoms with van der Waals surface area (Å²) in [7, 11) is 0. The van der Waals surface area contributed by atoms with Crippen molar-refractivity contribution < 1.29 is 4.79 Å². The molecule has 0 radical (unpaired) electrons. The van der Waals surface area contributed by atoms with Crippen molar-refractivity contribution in [2.24, 2.45) is 5.73 Å². The molecule has 21 heavy (non-hydrogen) atoms. The summed E-state index contributed by atoms with van der Waals surface area (Å²) >= 11 is 10.9. The van der Waals surface area contributed by atoms with Crippen LogP contribution in [0.1, 0.15) is 24.2 Å². The van der Waals surface area contributed by atoms with Gasteiger partial charge in [-0.3, -0.25) is 9.48 Å². The molecule has 1 unspecified atom stereocenters. The van der Waals surface area contributed by atoms with E-state index in [0.29, 0.717) is 22.0 Å². The lowest BCUT2D eigenvalue weighted by molar-refractivity contribution is -0.119. The second-order valence-corrected chi connectivity index (χ2v) is 5.46. The number of para-hydroxylation sites is 1. The minimum absolute atomic E-state index is 0.224.